The molecule has 0 fully saturated rings. The number of amides is 9. The van der Waals surface area contributed by atoms with Crippen LogP contribution >= 0.6 is 0 Å². The number of nitrogens with two attached hydrogens (primary N) is 2. The van der Waals surface area contributed by atoms with Gasteiger partial charge in [0.15, 0.2) is 12.6 Å². The van der Waals surface area contributed by atoms with Gasteiger partial charge in [0.25, 0.3) is 23.6 Å². The summed E-state index contributed by atoms with van der Waals surface area (Å²) in [7, 11) is 3.95. The number of primary amides is 1. The molecule has 9 amide bonds. The van der Waals surface area contributed by atoms with Crippen molar-refractivity contribution in [2.45, 2.75) is 64.2 Å². The van der Waals surface area contributed by atoms with E-state index in [-0.39, 0.29) is 100.0 Å². The average Bonchev–Trinajstić information content (AvgIpc) is 2.49. The Balaban J connectivity index is 1.12. The number of hydrogen-bond donors (Lipinski definition) is 14. The lowest BCUT2D eigenvalue weighted by molar-refractivity contribution is -0.139. The Bertz CT molecular complexity index is 3590. The smallest absolute Gasteiger partial charge is 0.341 e. The van der Waals surface area contributed by atoms with Crippen LogP contribution in [0, 0.1) is 5.41 Å². The molecule has 1 heterocycles. The number of para-hydroxylation sites is 1. The number of aromatic amines is 1. The lowest BCUT2D eigenvalue weighted by atomic mass is 10.0. The van der Waals surface area contributed by atoms with Crippen molar-refractivity contribution in [1.82, 2.24) is 31.6 Å². The van der Waals surface area contributed by atoms with E-state index in [4.69, 9.17) is 35.8 Å². The van der Waals surface area contributed by atoms with Crippen LogP contribution in [0.4, 0.5) is 22.7 Å². The minimum absolute atomic E-state index is 0.00521. The van der Waals surface area contributed by atoms with Gasteiger partial charge < -0.3 is 88.4 Å². The number of methoxy groups -OCH3 is 3. The van der Waals surface area contributed by atoms with E-state index in [9.17, 15) is 53.1 Å². The third-order valence-electron chi connectivity index (χ3n) is 12.9. The van der Waals surface area contributed by atoms with Crippen LogP contribution in [0.2, 0.25) is 0 Å². The van der Waals surface area contributed by atoms with Gasteiger partial charge in [-0.05, 0) is 111 Å². The number of guanidine groups is 1. The van der Waals surface area contributed by atoms with Crippen molar-refractivity contribution in [2.75, 3.05) is 55.7 Å². The highest BCUT2D eigenvalue weighted by Gasteiger charge is 2.28. The number of aliphatic carboxylic acids is 1. The molecule has 452 valence electrons. The van der Waals surface area contributed by atoms with Crippen LogP contribution in [-0.2, 0) is 35.2 Å². The number of carbonyl (C=O) groups excluding carboxylic acids is 9. The number of hydrogen-bond acceptors (Lipinski definition) is 15. The zero-order valence-electron chi connectivity index (χ0n) is 47.5. The summed E-state index contributed by atoms with van der Waals surface area (Å²) in [4.78, 5) is 135. The molecule has 5 aromatic carbocycles. The first-order valence-corrected chi connectivity index (χ1v) is 26.4. The van der Waals surface area contributed by atoms with Crippen molar-refractivity contribution in [2.24, 2.45) is 11.5 Å². The number of ether oxygens (including phenoxy) is 4. The predicted molar refractivity (Wildman–Crippen MR) is 315 cm³/mol. The largest absolute Gasteiger partial charge is 0.496 e. The van der Waals surface area contributed by atoms with Crippen molar-refractivity contribution in [1.29, 1.82) is 5.41 Å². The lowest BCUT2D eigenvalue weighted by Gasteiger charge is -2.21. The highest BCUT2D eigenvalue weighted by atomic mass is 16.5. The number of benzene rings is 5. The summed E-state index contributed by atoms with van der Waals surface area (Å²) in [6.07, 6.45) is 2.07. The monoisotopic (exact) mass is 1180 g/mol. The molecular formula is C58H65N13O15. The molecule has 0 aliphatic heterocycles. The quantitative estimate of drug-likeness (QED) is 0.0191. The summed E-state index contributed by atoms with van der Waals surface area (Å²) in [6.45, 7) is 3.28. The molecule has 6 aromatic rings. The first-order chi connectivity index (χ1) is 41.0. The fraction of sp³-hybridized carbons (Fsp3) is 0.259. The number of anilines is 4. The summed E-state index contributed by atoms with van der Waals surface area (Å²) in [5.41, 5.74) is 12.6. The highest BCUT2D eigenvalue weighted by Crippen LogP contribution is 2.28. The Morgan fingerprint density at radius 2 is 1.00 bits per heavy atom. The molecule has 0 radical (unpaired) electrons. The topological polar surface area (TPSA) is 428 Å². The van der Waals surface area contributed by atoms with Crippen LogP contribution in [0.15, 0.2) is 103 Å². The number of rotatable bonds is 28. The lowest BCUT2D eigenvalue weighted by Crippen LogP contribution is -2.46. The maximum atomic E-state index is 13.9. The first-order valence-electron chi connectivity index (χ1n) is 26.4. The average molecular weight is 1180 g/mol. The van der Waals surface area contributed by atoms with Crippen molar-refractivity contribution < 1.29 is 72.0 Å². The molecule has 6 rings (SSSR count). The molecule has 16 N–H and O–H groups in total. The van der Waals surface area contributed by atoms with Crippen LogP contribution in [-0.4, -0.2) is 134 Å². The predicted octanol–water partition coefficient (Wildman–Crippen LogP) is 2.96. The Hall–Kier alpha value is -11.2. The summed E-state index contributed by atoms with van der Waals surface area (Å²) in [5.74, 6) is -8.36. The highest BCUT2D eigenvalue weighted by molar-refractivity contribution is 6.08. The van der Waals surface area contributed by atoms with Gasteiger partial charge in [-0.15, -0.1) is 0 Å². The van der Waals surface area contributed by atoms with Crippen molar-refractivity contribution >= 4 is 98.7 Å². The van der Waals surface area contributed by atoms with Crippen molar-refractivity contribution in [3.05, 3.63) is 131 Å². The van der Waals surface area contributed by atoms with Crippen LogP contribution in [0.3, 0.4) is 0 Å². The molecule has 0 unspecified atom stereocenters. The van der Waals surface area contributed by atoms with Crippen LogP contribution < -0.4 is 78.3 Å². The fourth-order valence-corrected chi connectivity index (χ4v) is 8.57. The zero-order chi connectivity index (χ0) is 62.8. The molecule has 4 atom stereocenters. The Morgan fingerprint density at radius 3 is 1.45 bits per heavy atom. The number of fused-ring (bicyclic) bond motifs is 1. The van der Waals surface area contributed by atoms with E-state index in [0.29, 0.717) is 5.69 Å². The van der Waals surface area contributed by atoms with E-state index < -0.39 is 84.0 Å². The molecule has 0 aliphatic rings. The van der Waals surface area contributed by atoms with Gasteiger partial charge in [-0.2, -0.15) is 0 Å². The number of carboxylic acids is 1. The number of H-pyrrole nitrogens is 1. The van der Waals surface area contributed by atoms with Gasteiger partial charge in [-0.1, -0.05) is 18.2 Å². The summed E-state index contributed by atoms with van der Waals surface area (Å²) >= 11 is 0. The fourth-order valence-electron chi connectivity index (χ4n) is 8.57. The number of nitrogens with one attached hydrogen (secondary N) is 11. The molecule has 86 heavy (non-hydrogen) atoms. The minimum Gasteiger partial charge on any atom is -0.496 e. The number of carboxylic acid groups (broad SMARTS) is 1. The molecule has 0 aliphatic carbocycles. The zero-order valence-corrected chi connectivity index (χ0v) is 47.5. The van der Waals surface area contributed by atoms with Crippen LogP contribution in [0.1, 0.15) is 80.6 Å². The van der Waals surface area contributed by atoms with E-state index >= 15 is 0 Å². The maximum absolute atomic E-state index is 13.9. The van der Waals surface area contributed by atoms with Gasteiger partial charge in [-0.25, -0.2) is 4.79 Å². The van der Waals surface area contributed by atoms with Crippen molar-refractivity contribution in [3.8, 4) is 23.0 Å². The molecule has 0 saturated heterocycles. The number of carbonyl (C=O) groups is 10. The van der Waals surface area contributed by atoms with Crippen LogP contribution in [0.25, 0.3) is 10.9 Å². The molecule has 0 spiro atoms. The summed E-state index contributed by atoms with van der Waals surface area (Å²) in [6, 6.07) is 18.7. The molecule has 28 nitrogen and oxygen atoms in total. The minimum atomic E-state index is -1.38. The van der Waals surface area contributed by atoms with E-state index in [1.165, 1.54) is 109 Å². The molecular weight excluding hydrogens is 1120 g/mol. The first kappa shape index (κ1) is 64.0. The van der Waals surface area contributed by atoms with Crippen molar-refractivity contribution in [3.63, 3.8) is 0 Å². The summed E-state index contributed by atoms with van der Waals surface area (Å²) < 4.78 is 21.5. The van der Waals surface area contributed by atoms with Gasteiger partial charge in [0, 0.05) is 59.7 Å². The van der Waals surface area contributed by atoms with E-state index in [0.717, 1.165) is 22.5 Å². The van der Waals surface area contributed by atoms with E-state index in [2.05, 4.69) is 52.8 Å². The van der Waals surface area contributed by atoms with Gasteiger partial charge in [0.05, 0.1) is 43.6 Å². The van der Waals surface area contributed by atoms with E-state index in [1.54, 1.807) is 6.20 Å². The van der Waals surface area contributed by atoms with Gasteiger partial charge >= 0.3 is 5.97 Å². The normalized spacial score (nSPS) is 12.1. The van der Waals surface area contributed by atoms with Gasteiger partial charge in [0.2, 0.25) is 29.5 Å². The second kappa shape index (κ2) is 29.7. The van der Waals surface area contributed by atoms with E-state index in [1.807, 2.05) is 24.3 Å². The second-order valence-electron chi connectivity index (χ2n) is 19.2. The SMILES string of the molecule is COc1ccc(NC(=O)[C@@H](CCCNC(=N)N)NC(=O)c2cc(NC(C)=O)ccc2OC)cc1C(=O)N[C@H](C)C(=O)Nc1ccc(OCC(=O)O)c(C(=O)N[C@H](C)C(=O)Nc2ccc(OC)c(C(=O)N[C@H](Cc3c[nH]c4ccccc34)C(N)=O)c2)c1. The molecule has 28 heteroatoms. The molecule has 1 aromatic heterocycles. The van der Waals surface area contributed by atoms with Gasteiger partial charge in [-0.3, -0.25) is 48.6 Å². The van der Waals surface area contributed by atoms with Crippen LogP contribution in [0.5, 0.6) is 23.0 Å². The Morgan fingerprint density at radius 1 is 0.570 bits per heavy atom. The Kier molecular flexibility index (Phi) is 22.1. The standard InChI is InChI=1S/C58H65N13O15/c1-29(64-53(78)38-25-36(15-19-45(38)83-4)69-57(82)43(12-9-21-62-58(60)61)70-55(80)39-23-33(66-31(3)72)13-17-46(39)84-5)51(76)68-35-16-20-48(86-28-49(73)74)41(26-35)54(79)65-30(2)52(77)67-34-14-18-47(85-6)40(24-34)56(81)71-44(50(59)75)22-32-27-63-42-11-8-7-10-37(32)42/h7-8,10-11,13-20,23-27,29-30,43-44,63H,9,12,21-22,28H2,1-6H3,(H2,59,75)(H,64,78)(H,65,79)(H,66,72)(H,67,77)(H,68,76)(H,69,82)(H,70,80)(H,71,81)(H,73,74)(H4,60,61,62)/t29-,30-,43-,44-/m1/s1. The second-order valence-corrected chi connectivity index (χ2v) is 19.2. The summed E-state index contributed by atoms with van der Waals surface area (Å²) in [5, 5.41) is 41.2. The number of aromatic nitrogens is 1. The third-order valence-corrected chi connectivity index (χ3v) is 12.9. The van der Waals surface area contributed by atoms with Gasteiger partial charge in [0.1, 0.15) is 47.2 Å². The maximum Gasteiger partial charge on any atom is 0.341 e. The molecule has 0 bridgehead atoms. The third kappa shape index (κ3) is 17.4. The molecule has 0 saturated carbocycles. The Labute approximate surface area is 491 Å².